The summed E-state index contributed by atoms with van der Waals surface area (Å²) in [6.07, 6.45) is 0.940. The largest absolute Gasteiger partial charge is 0.456 e. The molecule has 0 saturated heterocycles. The predicted molar refractivity (Wildman–Crippen MR) is 243 cm³/mol. The molecule has 4 aromatic heterocycles. The fourth-order valence-electron chi connectivity index (χ4n) is 9.07. The lowest BCUT2D eigenvalue weighted by Crippen LogP contribution is -2.32. The first-order chi connectivity index (χ1) is 28.7. The first kappa shape index (κ1) is 33.4. The van der Waals surface area contributed by atoms with Crippen LogP contribution in [0.3, 0.4) is 0 Å². The van der Waals surface area contributed by atoms with E-state index >= 15 is 0 Å². The normalized spacial score (nSPS) is 14.3. The van der Waals surface area contributed by atoms with Crippen LogP contribution < -0.4 is 9.75 Å². The summed E-state index contributed by atoms with van der Waals surface area (Å²) < 4.78 is 11.9. The van der Waals surface area contributed by atoms with Gasteiger partial charge in [-0.1, -0.05) is 134 Å². The van der Waals surface area contributed by atoms with Gasteiger partial charge in [0.05, 0.1) is 0 Å². The number of nitrogens with zero attached hydrogens (tertiary/aromatic N) is 3. The van der Waals surface area contributed by atoms with Crippen LogP contribution in [0.2, 0.25) is 0 Å². The van der Waals surface area contributed by atoms with Crippen molar-refractivity contribution in [3.8, 4) is 34.2 Å². The maximum Gasteiger partial charge on any atom is 0.164 e. The van der Waals surface area contributed by atoms with E-state index in [1.54, 1.807) is 11.3 Å². The van der Waals surface area contributed by atoms with Crippen LogP contribution in [0.5, 0.6) is 0 Å². The summed E-state index contributed by atoms with van der Waals surface area (Å²) in [5.41, 5.74) is 9.86. The molecule has 7 aromatic carbocycles. The molecule has 4 heterocycles. The van der Waals surface area contributed by atoms with Crippen molar-refractivity contribution in [3.63, 3.8) is 0 Å². The Bertz CT molecular complexity index is 3560. The lowest BCUT2D eigenvalue weighted by Gasteiger charge is -2.23. The van der Waals surface area contributed by atoms with Crippen LogP contribution in [0.1, 0.15) is 24.5 Å². The van der Waals surface area contributed by atoms with Gasteiger partial charge in [0, 0.05) is 67.5 Å². The van der Waals surface area contributed by atoms with E-state index < -0.39 is 0 Å². The molecule has 0 saturated carbocycles. The highest BCUT2D eigenvalue weighted by Gasteiger charge is 2.26. The summed E-state index contributed by atoms with van der Waals surface area (Å²) in [7, 11) is 0. The quantitative estimate of drug-likeness (QED) is 0.175. The molecule has 0 N–H and O–H groups in total. The summed E-state index contributed by atoms with van der Waals surface area (Å²) in [5, 5.41) is 7.32. The number of furan rings is 1. The maximum absolute atomic E-state index is 6.75. The molecule has 0 radical (unpaired) electrons. The highest BCUT2D eigenvalue weighted by Crippen LogP contribution is 2.42. The van der Waals surface area contributed by atoms with Gasteiger partial charge in [0.2, 0.25) is 0 Å². The molecule has 0 bridgehead atoms. The van der Waals surface area contributed by atoms with Gasteiger partial charge < -0.3 is 4.42 Å². The molecule has 0 fully saturated rings. The zero-order valence-electron chi connectivity index (χ0n) is 31.4. The Labute approximate surface area is 341 Å². The Kier molecular flexibility index (Phi) is 7.59. The van der Waals surface area contributed by atoms with Crippen LogP contribution in [-0.4, -0.2) is 15.0 Å². The minimum Gasteiger partial charge on any atom is -0.456 e. The highest BCUT2D eigenvalue weighted by atomic mass is 32.1. The van der Waals surface area contributed by atoms with Crippen molar-refractivity contribution in [3.05, 3.63) is 185 Å². The fraction of sp³-hybridized carbons (Fsp3) is 0.0577. The van der Waals surface area contributed by atoms with Gasteiger partial charge in [-0.25, -0.2) is 15.0 Å². The molecule has 1 atom stereocenters. The lowest BCUT2D eigenvalue weighted by molar-refractivity contribution is 0.669. The molecule has 0 amide bonds. The summed E-state index contributed by atoms with van der Waals surface area (Å²) in [6.45, 7) is 2.38. The van der Waals surface area contributed by atoms with Gasteiger partial charge in [0.1, 0.15) is 11.2 Å². The standard InChI is InChI=1S/C52H33N3OS2/c1-30-28-39(49-48(37-19-9-11-24-43(37)58-49)45(30)31-14-4-2-5-15-31)34-20-12-22-40-46(34)35-27-26-33(29-41(35)56-40)51-53-50(32-16-6-3-7-17-32)54-52(55-51)38-21-13-25-44-47(38)36-18-8-10-23-42(36)57-44/h2-27,29-30H,28H2,1H3. The molecule has 1 aliphatic carbocycles. The smallest absolute Gasteiger partial charge is 0.164 e. The van der Waals surface area contributed by atoms with Gasteiger partial charge >= 0.3 is 0 Å². The van der Waals surface area contributed by atoms with Gasteiger partial charge in [0.15, 0.2) is 17.5 Å². The van der Waals surface area contributed by atoms with Crippen LogP contribution >= 0.6 is 22.7 Å². The van der Waals surface area contributed by atoms with E-state index in [2.05, 4.69) is 153 Å². The van der Waals surface area contributed by atoms with Crippen LogP contribution in [0.4, 0.5) is 0 Å². The lowest BCUT2D eigenvalue weighted by atomic mass is 9.81. The average Bonchev–Trinajstić information content (AvgIpc) is 3.98. The van der Waals surface area contributed by atoms with E-state index in [4.69, 9.17) is 19.4 Å². The van der Waals surface area contributed by atoms with Gasteiger partial charge in [-0.15, -0.1) is 22.7 Å². The van der Waals surface area contributed by atoms with E-state index in [0.717, 1.165) is 45.0 Å². The minimum atomic E-state index is 0.331. The van der Waals surface area contributed by atoms with Crippen LogP contribution in [0, 0.1) is 5.92 Å². The number of thiophene rings is 2. The van der Waals surface area contributed by atoms with Crippen molar-refractivity contribution in [1.82, 2.24) is 15.0 Å². The predicted octanol–water partition coefficient (Wildman–Crippen LogP) is 12.8. The third-order valence-electron chi connectivity index (χ3n) is 11.6. The molecule has 4 nitrogen and oxygen atoms in total. The summed E-state index contributed by atoms with van der Waals surface area (Å²) in [4.78, 5) is 15.4. The van der Waals surface area contributed by atoms with E-state index in [0.29, 0.717) is 23.4 Å². The molecule has 11 aromatic rings. The second-order valence-corrected chi connectivity index (χ2v) is 17.2. The third-order valence-corrected chi connectivity index (χ3v) is 14.0. The summed E-state index contributed by atoms with van der Waals surface area (Å²) >= 11 is 3.71. The van der Waals surface area contributed by atoms with Crippen LogP contribution in [-0.2, 0) is 0 Å². The van der Waals surface area contributed by atoms with Crippen molar-refractivity contribution >= 4 is 86.0 Å². The topological polar surface area (TPSA) is 51.8 Å². The molecular weight excluding hydrogens is 747 g/mol. The van der Waals surface area contributed by atoms with Gasteiger partial charge in [-0.3, -0.25) is 0 Å². The Balaban J connectivity index is 1.07. The van der Waals surface area contributed by atoms with E-state index in [1.807, 2.05) is 29.5 Å². The Morgan fingerprint density at radius 3 is 1.93 bits per heavy atom. The number of aromatic nitrogens is 3. The number of hydrogen-bond donors (Lipinski definition) is 0. The number of rotatable bonds is 5. The van der Waals surface area contributed by atoms with Gasteiger partial charge in [-0.2, -0.15) is 0 Å². The fourth-order valence-corrected chi connectivity index (χ4v) is 11.5. The van der Waals surface area contributed by atoms with Gasteiger partial charge in [0.25, 0.3) is 0 Å². The van der Waals surface area contributed by atoms with Crippen molar-refractivity contribution < 1.29 is 4.42 Å². The SMILES string of the molecule is CC1CC(c2cccc3oc4cc(-c5nc(-c6ccccc6)nc(-c6cccc7sc8ccccc8c67)n5)ccc4c23)=c2sc3ccccc3c2=C1c1ccccc1. The molecule has 274 valence electrons. The van der Waals surface area contributed by atoms with Crippen molar-refractivity contribution in [1.29, 1.82) is 0 Å². The number of benzene rings is 7. The van der Waals surface area contributed by atoms with Crippen molar-refractivity contribution in [2.24, 2.45) is 5.92 Å². The molecule has 0 spiro atoms. The molecule has 1 unspecified atom stereocenters. The van der Waals surface area contributed by atoms with E-state index in [9.17, 15) is 0 Å². The summed E-state index contributed by atoms with van der Waals surface area (Å²) in [5.74, 6) is 2.23. The zero-order chi connectivity index (χ0) is 38.3. The third kappa shape index (κ3) is 5.22. The minimum absolute atomic E-state index is 0.331. The Morgan fingerprint density at radius 1 is 0.483 bits per heavy atom. The second kappa shape index (κ2) is 13.2. The number of fused-ring (bicyclic) bond motifs is 9. The zero-order valence-corrected chi connectivity index (χ0v) is 33.1. The monoisotopic (exact) mass is 779 g/mol. The first-order valence-electron chi connectivity index (χ1n) is 19.6. The molecule has 12 rings (SSSR count). The molecule has 58 heavy (non-hydrogen) atoms. The van der Waals surface area contributed by atoms with Crippen LogP contribution in [0.15, 0.2) is 168 Å². The molecule has 6 heteroatoms. The second-order valence-electron chi connectivity index (χ2n) is 15.1. The Morgan fingerprint density at radius 2 is 1.12 bits per heavy atom. The highest BCUT2D eigenvalue weighted by molar-refractivity contribution is 7.26. The van der Waals surface area contributed by atoms with Crippen molar-refractivity contribution in [2.75, 3.05) is 0 Å². The maximum atomic E-state index is 6.75. The Hall–Kier alpha value is -6.73. The van der Waals surface area contributed by atoms with Crippen LogP contribution in [0.25, 0.3) is 97.5 Å². The molecular formula is C52H33N3OS2. The molecule has 1 aliphatic rings. The van der Waals surface area contributed by atoms with Gasteiger partial charge in [-0.05, 0) is 71.0 Å². The van der Waals surface area contributed by atoms with Crippen molar-refractivity contribution in [2.45, 2.75) is 13.3 Å². The average molecular weight is 780 g/mol. The summed E-state index contributed by atoms with van der Waals surface area (Å²) in [6, 6.07) is 57.9. The van der Waals surface area contributed by atoms with E-state index in [-0.39, 0.29) is 0 Å². The molecule has 0 aliphatic heterocycles. The number of hydrogen-bond acceptors (Lipinski definition) is 6. The first-order valence-corrected chi connectivity index (χ1v) is 21.3. The van der Waals surface area contributed by atoms with E-state index in [1.165, 1.54) is 62.3 Å².